The molecule has 0 aliphatic carbocycles. The number of hydrogen-bond acceptors (Lipinski definition) is 3. The predicted octanol–water partition coefficient (Wildman–Crippen LogP) is 8.28. The van der Waals surface area contributed by atoms with E-state index in [-0.39, 0.29) is 0 Å². The van der Waals surface area contributed by atoms with Gasteiger partial charge in [-0.25, -0.2) is 0 Å². The number of nitrogens with one attached hydrogen (secondary N) is 1. The molecular weight excluding hydrogens is 516 g/mol. The maximum absolute atomic E-state index is 5.90. The van der Waals surface area contributed by atoms with Gasteiger partial charge in [-0.3, -0.25) is 4.99 Å². The maximum atomic E-state index is 5.90. The van der Waals surface area contributed by atoms with Crippen LogP contribution in [0.2, 0.25) is 0 Å². The van der Waals surface area contributed by atoms with Gasteiger partial charge in [0.2, 0.25) is 0 Å². The van der Waals surface area contributed by atoms with E-state index in [2.05, 4.69) is 42.2 Å². The van der Waals surface area contributed by atoms with Gasteiger partial charge in [0, 0.05) is 32.1 Å². The molecule has 0 bridgehead atoms. The zero-order chi connectivity index (χ0) is 21.5. The van der Waals surface area contributed by atoms with Gasteiger partial charge in [0.25, 0.3) is 0 Å². The Balaban J connectivity index is 1.33. The summed E-state index contributed by atoms with van der Waals surface area (Å²) in [4.78, 5) is 4.56. The van der Waals surface area contributed by atoms with E-state index in [1.165, 1.54) is 0 Å². The van der Waals surface area contributed by atoms with Crippen LogP contribution in [0, 0.1) is 0 Å². The second-order valence-electron chi connectivity index (χ2n) is 6.89. The van der Waals surface area contributed by atoms with Crippen LogP contribution in [0.25, 0.3) is 0 Å². The number of para-hydroxylation sites is 1. The fraction of sp³-hybridized carbons (Fsp3) is 0.0385. The van der Waals surface area contributed by atoms with Crippen molar-refractivity contribution in [3.05, 3.63) is 117 Å². The number of anilines is 2. The van der Waals surface area contributed by atoms with E-state index in [9.17, 15) is 0 Å². The molecule has 0 saturated heterocycles. The zero-order valence-corrected chi connectivity index (χ0v) is 19.8. The van der Waals surface area contributed by atoms with Crippen molar-refractivity contribution < 1.29 is 4.74 Å². The first-order chi connectivity index (χ1) is 15.2. The Bertz CT molecular complexity index is 1160. The molecule has 0 aromatic heterocycles. The van der Waals surface area contributed by atoms with Crippen molar-refractivity contribution in [2.75, 3.05) is 5.32 Å². The molecule has 154 valence electrons. The summed E-state index contributed by atoms with van der Waals surface area (Å²) >= 11 is 7.03. The van der Waals surface area contributed by atoms with Crippen LogP contribution in [0.3, 0.4) is 0 Å². The Kier molecular flexibility index (Phi) is 7.18. The van der Waals surface area contributed by atoms with E-state index in [0.717, 1.165) is 42.9 Å². The highest BCUT2D eigenvalue weighted by molar-refractivity contribution is 9.11. The van der Waals surface area contributed by atoms with Crippen molar-refractivity contribution in [2.45, 2.75) is 6.61 Å². The zero-order valence-electron chi connectivity index (χ0n) is 16.6. The van der Waals surface area contributed by atoms with Crippen LogP contribution < -0.4 is 10.1 Å². The Morgan fingerprint density at radius 3 is 2.19 bits per heavy atom. The number of benzene rings is 4. The van der Waals surface area contributed by atoms with Gasteiger partial charge in [0.15, 0.2) is 0 Å². The number of aliphatic imine (C=N–C) groups is 1. The Morgan fingerprint density at radius 1 is 0.774 bits per heavy atom. The fourth-order valence-corrected chi connectivity index (χ4v) is 4.08. The third-order valence-corrected chi connectivity index (χ3v) is 5.81. The standard InChI is InChI=1S/C26H20Br2N2O/c27-21-9-8-20(26(28)16-21)18-31-25-14-6-19(7-15-25)17-29-22-10-12-24(13-11-22)30-23-4-2-1-3-5-23/h1-17,30H,18H2. The van der Waals surface area contributed by atoms with Crippen LogP contribution in [-0.2, 0) is 6.61 Å². The SMILES string of the molecule is Brc1ccc(COc2ccc(C=Nc3ccc(Nc4ccccc4)cc3)cc2)c(Br)c1. The summed E-state index contributed by atoms with van der Waals surface area (Å²) in [5, 5.41) is 3.37. The molecule has 4 aromatic rings. The lowest BCUT2D eigenvalue weighted by molar-refractivity contribution is 0.305. The summed E-state index contributed by atoms with van der Waals surface area (Å²) in [6.45, 7) is 0.505. The lowest BCUT2D eigenvalue weighted by Gasteiger charge is -2.08. The van der Waals surface area contributed by atoms with Gasteiger partial charge in [-0.05, 0) is 78.4 Å². The van der Waals surface area contributed by atoms with Crippen LogP contribution in [0.1, 0.15) is 11.1 Å². The summed E-state index contributed by atoms with van der Waals surface area (Å²) in [7, 11) is 0. The average molecular weight is 536 g/mol. The van der Waals surface area contributed by atoms with E-state index in [1.807, 2.05) is 103 Å². The van der Waals surface area contributed by atoms with Crippen molar-refractivity contribution in [3.63, 3.8) is 0 Å². The summed E-state index contributed by atoms with van der Waals surface area (Å²) in [6, 6.07) is 32.1. The van der Waals surface area contributed by atoms with E-state index in [1.54, 1.807) is 0 Å². The number of ether oxygens (including phenoxy) is 1. The second-order valence-corrected chi connectivity index (χ2v) is 8.66. The van der Waals surface area contributed by atoms with E-state index >= 15 is 0 Å². The minimum atomic E-state index is 0.505. The van der Waals surface area contributed by atoms with Crippen LogP contribution in [0.4, 0.5) is 17.1 Å². The third-order valence-electron chi connectivity index (χ3n) is 4.58. The monoisotopic (exact) mass is 534 g/mol. The number of halogens is 2. The van der Waals surface area contributed by atoms with E-state index < -0.39 is 0 Å². The molecule has 0 atom stereocenters. The first-order valence-electron chi connectivity index (χ1n) is 9.79. The molecule has 0 radical (unpaired) electrons. The van der Waals surface area contributed by atoms with Gasteiger partial charge < -0.3 is 10.1 Å². The van der Waals surface area contributed by atoms with Crippen LogP contribution in [0.15, 0.2) is 111 Å². The molecule has 0 saturated carbocycles. The van der Waals surface area contributed by atoms with Crippen LogP contribution >= 0.6 is 31.9 Å². The number of hydrogen-bond donors (Lipinski definition) is 1. The topological polar surface area (TPSA) is 33.6 Å². The molecule has 0 unspecified atom stereocenters. The van der Waals surface area contributed by atoms with Crippen molar-refractivity contribution in [2.24, 2.45) is 4.99 Å². The highest BCUT2D eigenvalue weighted by atomic mass is 79.9. The van der Waals surface area contributed by atoms with Crippen molar-refractivity contribution in [1.29, 1.82) is 0 Å². The minimum Gasteiger partial charge on any atom is -0.489 e. The van der Waals surface area contributed by atoms with Crippen LogP contribution in [0.5, 0.6) is 5.75 Å². The highest BCUT2D eigenvalue weighted by Gasteiger charge is 2.02. The Hall–Kier alpha value is -2.89. The summed E-state index contributed by atoms with van der Waals surface area (Å²) in [5.74, 6) is 0.823. The Morgan fingerprint density at radius 2 is 1.48 bits per heavy atom. The van der Waals surface area contributed by atoms with Gasteiger partial charge >= 0.3 is 0 Å². The normalized spacial score (nSPS) is 10.9. The molecule has 1 N–H and O–H groups in total. The molecule has 0 aliphatic heterocycles. The third kappa shape index (κ3) is 6.29. The molecule has 4 rings (SSSR count). The fourth-order valence-electron chi connectivity index (χ4n) is 2.92. The molecule has 0 aliphatic rings. The smallest absolute Gasteiger partial charge is 0.119 e. The first-order valence-corrected chi connectivity index (χ1v) is 11.4. The largest absolute Gasteiger partial charge is 0.489 e. The molecule has 0 heterocycles. The molecule has 0 amide bonds. The summed E-state index contributed by atoms with van der Waals surface area (Å²) in [5.41, 5.74) is 5.11. The quantitative estimate of drug-likeness (QED) is 0.241. The Labute approximate surface area is 199 Å². The van der Waals surface area contributed by atoms with Crippen molar-refractivity contribution in [3.8, 4) is 5.75 Å². The average Bonchev–Trinajstić information content (AvgIpc) is 2.79. The molecule has 0 spiro atoms. The lowest BCUT2D eigenvalue weighted by Crippen LogP contribution is -1.96. The molecule has 0 fully saturated rings. The first kappa shape index (κ1) is 21.3. The molecule has 5 heteroatoms. The van der Waals surface area contributed by atoms with Gasteiger partial charge in [0.1, 0.15) is 12.4 Å². The van der Waals surface area contributed by atoms with Gasteiger partial charge in [-0.1, -0.05) is 56.1 Å². The molecule has 31 heavy (non-hydrogen) atoms. The minimum absolute atomic E-state index is 0.505. The number of rotatable bonds is 7. The molecular formula is C26H20Br2N2O. The molecule has 3 nitrogen and oxygen atoms in total. The highest BCUT2D eigenvalue weighted by Crippen LogP contribution is 2.24. The molecule has 4 aromatic carbocycles. The predicted molar refractivity (Wildman–Crippen MR) is 136 cm³/mol. The lowest BCUT2D eigenvalue weighted by atomic mass is 10.2. The summed E-state index contributed by atoms with van der Waals surface area (Å²) < 4.78 is 7.96. The summed E-state index contributed by atoms with van der Waals surface area (Å²) in [6.07, 6.45) is 1.86. The maximum Gasteiger partial charge on any atom is 0.119 e. The van der Waals surface area contributed by atoms with Crippen LogP contribution in [-0.4, -0.2) is 6.21 Å². The number of nitrogens with zero attached hydrogens (tertiary/aromatic N) is 1. The van der Waals surface area contributed by atoms with Crippen molar-refractivity contribution >= 4 is 55.1 Å². The second kappa shape index (κ2) is 10.4. The van der Waals surface area contributed by atoms with Crippen molar-refractivity contribution in [1.82, 2.24) is 0 Å². The van der Waals surface area contributed by atoms with E-state index in [0.29, 0.717) is 6.61 Å². The van der Waals surface area contributed by atoms with Gasteiger partial charge in [-0.2, -0.15) is 0 Å². The van der Waals surface area contributed by atoms with E-state index in [4.69, 9.17) is 4.74 Å². The van der Waals surface area contributed by atoms with Gasteiger partial charge in [-0.15, -0.1) is 0 Å². The van der Waals surface area contributed by atoms with Gasteiger partial charge in [0.05, 0.1) is 5.69 Å².